The van der Waals surface area contributed by atoms with Gasteiger partial charge in [-0.2, -0.15) is 14.9 Å². The van der Waals surface area contributed by atoms with Crippen molar-refractivity contribution in [3.8, 4) is 0 Å². The van der Waals surface area contributed by atoms with Gasteiger partial charge in [0.05, 0.1) is 6.21 Å². The van der Waals surface area contributed by atoms with Gasteiger partial charge in [0.2, 0.25) is 4.77 Å². The molecule has 0 aliphatic carbocycles. The highest BCUT2D eigenvalue weighted by Gasteiger charge is 2.21. The van der Waals surface area contributed by atoms with E-state index in [2.05, 4.69) is 15.3 Å². The van der Waals surface area contributed by atoms with Crippen LogP contribution in [-0.2, 0) is 5.41 Å². The summed E-state index contributed by atoms with van der Waals surface area (Å²) in [5.41, 5.74) is 1.74. The van der Waals surface area contributed by atoms with E-state index in [1.807, 2.05) is 52.0 Å². The molecule has 6 heteroatoms. The highest BCUT2D eigenvalue weighted by molar-refractivity contribution is 7.71. The van der Waals surface area contributed by atoms with E-state index in [0.717, 1.165) is 11.1 Å². The fourth-order valence-corrected chi connectivity index (χ4v) is 2.01. The first kappa shape index (κ1) is 15.3. The number of nitrogens with zero attached hydrogens (tertiary/aromatic N) is 3. The molecule has 2 rings (SSSR count). The Kier molecular flexibility index (Phi) is 4.18. The summed E-state index contributed by atoms with van der Waals surface area (Å²) >= 11 is 5.10. The lowest BCUT2D eigenvalue weighted by Crippen LogP contribution is -2.32. The zero-order chi connectivity index (χ0) is 15.6. The summed E-state index contributed by atoms with van der Waals surface area (Å²) < 4.78 is 1.35. The van der Waals surface area contributed by atoms with Gasteiger partial charge in [0.1, 0.15) is 5.69 Å². The first-order valence-electron chi connectivity index (χ1n) is 6.63. The molecular formula is C15H18N4OS. The minimum atomic E-state index is -0.378. The highest BCUT2D eigenvalue weighted by Crippen LogP contribution is 2.15. The standard InChI is InChI=1S/C15H18N4OS/c1-10-7-5-6-8-11(10)9-16-19-13(20)12(15(2,3)4)17-18-14(19)21/h5-9H,1-4H3,(H,18,21)/b16-9-. The van der Waals surface area contributed by atoms with Crippen LogP contribution in [0.5, 0.6) is 0 Å². The second-order valence-electron chi connectivity index (χ2n) is 5.85. The topological polar surface area (TPSA) is 63.0 Å². The van der Waals surface area contributed by atoms with Crippen LogP contribution < -0.4 is 5.56 Å². The minimum absolute atomic E-state index is 0.179. The van der Waals surface area contributed by atoms with Gasteiger partial charge in [0, 0.05) is 5.41 Å². The SMILES string of the molecule is Cc1ccccc1/C=N\n1c(=S)[nH]nc(C(C)(C)C)c1=O. The second-order valence-corrected chi connectivity index (χ2v) is 6.23. The van der Waals surface area contributed by atoms with E-state index >= 15 is 0 Å². The van der Waals surface area contributed by atoms with Gasteiger partial charge in [-0.15, -0.1) is 0 Å². The zero-order valence-corrected chi connectivity index (χ0v) is 13.4. The van der Waals surface area contributed by atoms with Crippen LogP contribution in [-0.4, -0.2) is 21.1 Å². The first-order chi connectivity index (χ1) is 9.80. The van der Waals surface area contributed by atoms with Crippen molar-refractivity contribution in [2.75, 3.05) is 0 Å². The Morgan fingerprint density at radius 3 is 2.62 bits per heavy atom. The predicted molar refractivity (Wildman–Crippen MR) is 86.6 cm³/mol. The second kappa shape index (κ2) is 5.73. The molecular weight excluding hydrogens is 284 g/mol. The molecule has 0 bridgehead atoms. The third-order valence-corrected chi connectivity index (χ3v) is 3.33. The quantitative estimate of drug-likeness (QED) is 0.685. The molecule has 0 aliphatic rings. The summed E-state index contributed by atoms with van der Waals surface area (Å²) in [5, 5.41) is 10.9. The minimum Gasteiger partial charge on any atom is -0.265 e. The van der Waals surface area contributed by atoms with Crippen LogP contribution in [0.1, 0.15) is 37.6 Å². The molecule has 21 heavy (non-hydrogen) atoms. The summed E-state index contributed by atoms with van der Waals surface area (Å²) in [4.78, 5) is 12.4. The number of rotatable bonds is 2. The number of aromatic amines is 1. The third kappa shape index (κ3) is 3.33. The summed E-state index contributed by atoms with van der Waals surface area (Å²) in [6, 6.07) is 7.79. The van der Waals surface area contributed by atoms with E-state index in [0.29, 0.717) is 5.69 Å². The van der Waals surface area contributed by atoms with Crippen molar-refractivity contribution in [1.29, 1.82) is 0 Å². The van der Waals surface area contributed by atoms with E-state index in [4.69, 9.17) is 12.2 Å². The summed E-state index contributed by atoms with van der Waals surface area (Å²) in [5.74, 6) is 0. The van der Waals surface area contributed by atoms with Crippen molar-refractivity contribution in [3.05, 3.63) is 56.2 Å². The van der Waals surface area contributed by atoms with Gasteiger partial charge in [-0.3, -0.25) is 9.89 Å². The average Bonchev–Trinajstić information content (AvgIpc) is 2.38. The van der Waals surface area contributed by atoms with E-state index < -0.39 is 0 Å². The molecule has 0 fully saturated rings. The van der Waals surface area contributed by atoms with Gasteiger partial charge in [-0.25, -0.2) is 0 Å². The zero-order valence-electron chi connectivity index (χ0n) is 12.5. The van der Waals surface area contributed by atoms with E-state index in [1.165, 1.54) is 4.68 Å². The average molecular weight is 302 g/mol. The van der Waals surface area contributed by atoms with Crippen LogP contribution in [0.25, 0.3) is 0 Å². The highest BCUT2D eigenvalue weighted by atomic mass is 32.1. The molecule has 110 valence electrons. The van der Waals surface area contributed by atoms with Crippen LogP contribution in [0.3, 0.4) is 0 Å². The summed E-state index contributed by atoms with van der Waals surface area (Å²) in [6.45, 7) is 7.74. The van der Waals surface area contributed by atoms with Crippen LogP contribution in [0.4, 0.5) is 0 Å². The fourth-order valence-electron chi connectivity index (χ4n) is 1.84. The van der Waals surface area contributed by atoms with Gasteiger partial charge in [-0.1, -0.05) is 45.0 Å². The smallest absolute Gasteiger partial charge is 0.265 e. The Morgan fingerprint density at radius 2 is 2.00 bits per heavy atom. The fraction of sp³-hybridized carbons (Fsp3) is 0.333. The van der Waals surface area contributed by atoms with Crippen molar-refractivity contribution >= 4 is 18.4 Å². The molecule has 1 aromatic carbocycles. The van der Waals surface area contributed by atoms with Gasteiger partial charge in [-0.05, 0) is 30.3 Å². The Morgan fingerprint density at radius 1 is 1.33 bits per heavy atom. The third-order valence-electron chi connectivity index (χ3n) is 3.06. The number of aromatic nitrogens is 3. The Labute approximate surface area is 128 Å². The van der Waals surface area contributed by atoms with Crippen molar-refractivity contribution in [2.45, 2.75) is 33.1 Å². The molecule has 1 aromatic heterocycles. The van der Waals surface area contributed by atoms with E-state index in [1.54, 1.807) is 6.21 Å². The first-order valence-corrected chi connectivity index (χ1v) is 7.04. The monoisotopic (exact) mass is 302 g/mol. The number of hydrogen-bond donors (Lipinski definition) is 1. The molecule has 0 atom stereocenters. The number of hydrogen-bond acceptors (Lipinski definition) is 4. The maximum atomic E-state index is 12.4. The van der Waals surface area contributed by atoms with Crippen molar-refractivity contribution in [3.63, 3.8) is 0 Å². The molecule has 0 saturated heterocycles. The molecule has 0 amide bonds. The molecule has 0 radical (unpaired) electrons. The largest absolute Gasteiger partial charge is 0.297 e. The molecule has 0 spiro atoms. The molecule has 0 aliphatic heterocycles. The molecule has 0 saturated carbocycles. The lowest BCUT2D eigenvalue weighted by Gasteiger charge is -2.16. The molecule has 2 aromatic rings. The van der Waals surface area contributed by atoms with Crippen molar-refractivity contribution < 1.29 is 0 Å². The summed E-state index contributed by atoms with van der Waals surface area (Å²) in [6.07, 6.45) is 1.63. The van der Waals surface area contributed by atoms with Gasteiger partial charge in [0.25, 0.3) is 5.56 Å². The molecule has 0 unspecified atom stereocenters. The van der Waals surface area contributed by atoms with Crippen LogP contribution >= 0.6 is 12.2 Å². The normalized spacial score (nSPS) is 12.0. The van der Waals surface area contributed by atoms with Crippen molar-refractivity contribution in [1.82, 2.24) is 14.9 Å². The number of benzene rings is 1. The molecule has 5 nitrogen and oxygen atoms in total. The number of aryl methyl sites for hydroxylation is 1. The maximum absolute atomic E-state index is 12.4. The predicted octanol–water partition coefficient (Wildman–Crippen LogP) is 2.79. The van der Waals surface area contributed by atoms with Crippen LogP contribution in [0.2, 0.25) is 0 Å². The van der Waals surface area contributed by atoms with Crippen LogP contribution in [0.15, 0.2) is 34.2 Å². The Bertz CT molecular complexity index is 796. The number of nitrogens with one attached hydrogen (secondary N) is 1. The molecule has 1 N–H and O–H groups in total. The van der Waals surface area contributed by atoms with E-state index in [9.17, 15) is 4.79 Å². The Balaban J connectivity index is 2.53. The maximum Gasteiger partial charge on any atom is 0.297 e. The van der Waals surface area contributed by atoms with Gasteiger partial charge in [0.15, 0.2) is 0 Å². The summed E-state index contributed by atoms with van der Waals surface area (Å²) in [7, 11) is 0. The van der Waals surface area contributed by atoms with E-state index in [-0.39, 0.29) is 15.7 Å². The Hall–Kier alpha value is -2.08. The van der Waals surface area contributed by atoms with Gasteiger partial charge < -0.3 is 0 Å². The lowest BCUT2D eigenvalue weighted by atomic mass is 9.93. The molecule has 1 heterocycles. The van der Waals surface area contributed by atoms with Gasteiger partial charge >= 0.3 is 0 Å². The lowest BCUT2D eigenvalue weighted by molar-refractivity contribution is 0.529. The number of H-pyrrole nitrogens is 1. The van der Waals surface area contributed by atoms with Crippen LogP contribution in [0, 0.1) is 11.7 Å². The van der Waals surface area contributed by atoms with Crippen molar-refractivity contribution in [2.24, 2.45) is 5.10 Å².